The van der Waals surface area contributed by atoms with Crippen LogP contribution in [0, 0.1) is 0 Å². The van der Waals surface area contributed by atoms with E-state index in [2.05, 4.69) is 26.6 Å². The topological polar surface area (TPSA) is 50.7 Å². The molecule has 3 aromatic rings. The van der Waals surface area contributed by atoms with Gasteiger partial charge in [-0.1, -0.05) is 35.6 Å². The highest BCUT2D eigenvalue weighted by Gasteiger charge is 2.07. The summed E-state index contributed by atoms with van der Waals surface area (Å²) in [6.45, 7) is 0. The molecule has 2 aromatic heterocycles. The van der Waals surface area contributed by atoms with Gasteiger partial charge in [0.1, 0.15) is 5.69 Å². The summed E-state index contributed by atoms with van der Waals surface area (Å²) in [5.74, 6) is 0. The SMILES string of the molecule is CNc1nnc(-c2ccc3ccccc3n2)s1. The molecule has 0 radical (unpaired) electrons. The minimum Gasteiger partial charge on any atom is -0.363 e. The predicted octanol–water partition coefficient (Wildman–Crippen LogP) is 2.80. The van der Waals surface area contributed by atoms with Crippen LogP contribution in [-0.2, 0) is 0 Å². The van der Waals surface area contributed by atoms with E-state index in [4.69, 9.17) is 0 Å². The average molecular weight is 242 g/mol. The molecule has 0 bridgehead atoms. The summed E-state index contributed by atoms with van der Waals surface area (Å²) in [5, 5.41) is 13.9. The third kappa shape index (κ3) is 1.85. The van der Waals surface area contributed by atoms with E-state index in [0.29, 0.717) is 0 Å². The molecular weight excluding hydrogens is 232 g/mol. The molecule has 1 aromatic carbocycles. The minimum absolute atomic E-state index is 0.801. The summed E-state index contributed by atoms with van der Waals surface area (Å²) >= 11 is 1.50. The maximum atomic E-state index is 4.57. The Morgan fingerprint density at radius 3 is 2.76 bits per heavy atom. The van der Waals surface area contributed by atoms with Gasteiger partial charge in [-0.15, -0.1) is 10.2 Å². The van der Waals surface area contributed by atoms with Crippen molar-refractivity contribution in [2.75, 3.05) is 12.4 Å². The number of hydrogen-bond acceptors (Lipinski definition) is 5. The molecule has 0 aliphatic carbocycles. The van der Waals surface area contributed by atoms with Crippen molar-refractivity contribution < 1.29 is 0 Å². The van der Waals surface area contributed by atoms with Crippen LogP contribution in [0.5, 0.6) is 0 Å². The second kappa shape index (κ2) is 4.10. The first-order valence-corrected chi connectivity index (χ1v) is 6.06. The lowest BCUT2D eigenvalue weighted by atomic mass is 10.2. The molecular formula is C12H10N4S. The molecule has 0 aliphatic heterocycles. The van der Waals surface area contributed by atoms with E-state index in [0.717, 1.165) is 26.7 Å². The smallest absolute Gasteiger partial charge is 0.205 e. The van der Waals surface area contributed by atoms with Crippen molar-refractivity contribution in [2.45, 2.75) is 0 Å². The quantitative estimate of drug-likeness (QED) is 0.750. The Bertz CT molecular complexity index is 662. The van der Waals surface area contributed by atoms with Gasteiger partial charge in [0, 0.05) is 12.4 Å². The predicted molar refractivity (Wildman–Crippen MR) is 70.2 cm³/mol. The number of hydrogen-bond donors (Lipinski definition) is 1. The molecule has 4 nitrogen and oxygen atoms in total. The third-order valence-electron chi connectivity index (χ3n) is 2.46. The Labute approximate surface area is 102 Å². The van der Waals surface area contributed by atoms with Gasteiger partial charge in [-0.25, -0.2) is 4.98 Å². The van der Waals surface area contributed by atoms with Crippen molar-refractivity contribution in [1.29, 1.82) is 0 Å². The van der Waals surface area contributed by atoms with Gasteiger partial charge in [0.15, 0.2) is 5.01 Å². The van der Waals surface area contributed by atoms with E-state index < -0.39 is 0 Å². The minimum atomic E-state index is 0.801. The number of nitrogens with one attached hydrogen (secondary N) is 1. The zero-order chi connectivity index (χ0) is 11.7. The Kier molecular flexibility index (Phi) is 2.45. The summed E-state index contributed by atoms with van der Waals surface area (Å²) in [5.41, 5.74) is 1.84. The lowest BCUT2D eigenvalue weighted by Crippen LogP contribution is -1.85. The molecule has 1 N–H and O–H groups in total. The Morgan fingerprint density at radius 1 is 1.06 bits per heavy atom. The van der Waals surface area contributed by atoms with Gasteiger partial charge >= 0.3 is 0 Å². The molecule has 0 spiro atoms. The highest BCUT2D eigenvalue weighted by atomic mass is 32.1. The van der Waals surface area contributed by atoms with E-state index in [1.807, 2.05) is 37.4 Å². The highest BCUT2D eigenvalue weighted by molar-refractivity contribution is 7.18. The molecule has 17 heavy (non-hydrogen) atoms. The second-order valence-electron chi connectivity index (χ2n) is 3.55. The fourth-order valence-electron chi connectivity index (χ4n) is 1.61. The second-order valence-corrected chi connectivity index (χ2v) is 4.53. The number of benzene rings is 1. The van der Waals surface area contributed by atoms with Crippen LogP contribution >= 0.6 is 11.3 Å². The fraction of sp³-hybridized carbons (Fsp3) is 0.0833. The number of para-hydroxylation sites is 1. The number of nitrogens with zero attached hydrogens (tertiary/aromatic N) is 3. The number of aromatic nitrogens is 3. The molecule has 0 amide bonds. The molecule has 0 atom stereocenters. The number of rotatable bonds is 2. The molecule has 0 aliphatic rings. The van der Waals surface area contributed by atoms with Crippen LogP contribution in [0.3, 0.4) is 0 Å². The number of anilines is 1. The van der Waals surface area contributed by atoms with Gasteiger partial charge in [0.05, 0.1) is 5.52 Å². The lowest BCUT2D eigenvalue weighted by molar-refractivity contribution is 1.09. The molecule has 5 heteroatoms. The molecule has 0 saturated heterocycles. The molecule has 2 heterocycles. The Balaban J connectivity index is 2.11. The van der Waals surface area contributed by atoms with Crippen molar-refractivity contribution in [3.8, 4) is 10.7 Å². The van der Waals surface area contributed by atoms with Crippen LogP contribution in [0.25, 0.3) is 21.6 Å². The maximum absolute atomic E-state index is 4.57. The number of pyridine rings is 1. The molecule has 0 fully saturated rings. The van der Waals surface area contributed by atoms with Crippen molar-refractivity contribution >= 4 is 27.4 Å². The van der Waals surface area contributed by atoms with Crippen LogP contribution in [0.4, 0.5) is 5.13 Å². The zero-order valence-electron chi connectivity index (χ0n) is 9.21. The summed E-state index contributed by atoms with van der Waals surface area (Å²) in [6, 6.07) is 12.1. The summed E-state index contributed by atoms with van der Waals surface area (Å²) < 4.78 is 0. The largest absolute Gasteiger partial charge is 0.363 e. The standard InChI is InChI=1S/C12H10N4S/c1-13-12-16-15-11(17-12)10-7-6-8-4-2-3-5-9(8)14-10/h2-7H,1H3,(H,13,16). The third-order valence-corrected chi connectivity index (χ3v) is 3.42. The molecule has 0 saturated carbocycles. The fourth-order valence-corrected chi connectivity index (χ4v) is 2.28. The van der Waals surface area contributed by atoms with Gasteiger partial charge in [0.25, 0.3) is 0 Å². The molecule has 84 valence electrons. The number of fused-ring (bicyclic) bond motifs is 1. The first-order valence-electron chi connectivity index (χ1n) is 5.24. The summed E-state index contributed by atoms with van der Waals surface area (Å²) in [6.07, 6.45) is 0. The van der Waals surface area contributed by atoms with Crippen molar-refractivity contribution in [3.05, 3.63) is 36.4 Å². The van der Waals surface area contributed by atoms with E-state index in [9.17, 15) is 0 Å². The normalized spacial score (nSPS) is 10.6. The monoisotopic (exact) mass is 242 g/mol. The summed E-state index contributed by atoms with van der Waals surface area (Å²) in [4.78, 5) is 4.57. The van der Waals surface area contributed by atoms with Crippen molar-refractivity contribution in [1.82, 2.24) is 15.2 Å². The molecule has 0 unspecified atom stereocenters. The van der Waals surface area contributed by atoms with E-state index >= 15 is 0 Å². The highest BCUT2D eigenvalue weighted by Crippen LogP contribution is 2.25. The van der Waals surface area contributed by atoms with E-state index in [1.54, 1.807) is 0 Å². The zero-order valence-corrected chi connectivity index (χ0v) is 10.0. The van der Waals surface area contributed by atoms with Gasteiger partial charge in [-0.3, -0.25) is 0 Å². The van der Waals surface area contributed by atoms with Crippen LogP contribution in [-0.4, -0.2) is 22.2 Å². The lowest BCUT2D eigenvalue weighted by Gasteiger charge is -1.98. The summed E-state index contributed by atoms with van der Waals surface area (Å²) in [7, 11) is 1.83. The van der Waals surface area contributed by atoms with E-state index in [-0.39, 0.29) is 0 Å². The van der Waals surface area contributed by atoms with Crippen LogP contribution in [0.2, 0.25) is 0 Å². The maximum Gasteiger partial charge on any atom is 0.205 e. The van der Waals surface area contributed by atoms with Gasteiger partial charge in [0.2, 0.25) is 5.13 Å². The van der Waals surface area contributed by atoms with Crippen LogP contribution < -0.4 is 5.32 Å². The van der Waals surface area contributed by atoms with Gasteiger partial charge in [-0.05, 0) is 12.1 Å². The van der Waals surface area contributed by atoms with Crippen molar-refractivity contribution in [3.63, 3.8) is 0 Å². The average Bonchev–Trinajstić information content (AvgIpc) is 2.87. The Hall–Kier alpha value is -2.01. The van der Waals surface area contributed by atoms with Gasteiger partial charge < -0.3 is 5.32 Å². The van der Waals surface area contributed by atoms with Crippen molar-refractivity contribution in [2.24, 2.45) is 0 Å². The Morgan fingerprint density at radius 2 is 1.94 bits per heavy atom. The van der Waals surface area contributed by atoms with Crippen LogP contribution in [0.1, 0.15) is 0 Å². The molecule has 3 rings (SSSR count). The van der Waals surface area contributed by atoms with Gasteiger partial charge in [-0.2, -0.15) is 0 Å². The first-order chi connectivity index (χ1) is 8.36. The van der Waals surface area contributed by atoms with Crippen LogP contribution in [0.15, 0.2) is 36.4 Å². The van der Waals surface area contributed by atoms with E-state index in [1.165, 1.54) is 11.3 Å². The first kappa shape index (κ1) is 10.2.